The van der Waals surface area contributed by atoms with E-state index in [1.807, 2.05) is 17.9 Å². The summed E-state index contributed by atoms with van der Waals surface area (Å²) in [6.07, 6.45) is 3.56. The SMILES string of the molecule is CCN1C(=O)CCCC(N)C1c1ccc(C2CC2C)o1. The summed E-state index contributed by atoms with van der Waals surface area (Å²) in [6, 6.07) is 3.96. The molecular weight excluding hydrogens is 252 g/mol. The lowest BCUT2D eigenvalue weighted by atomic mass is 10.0. The molecule has 1 saturated carbocycles. The van der Waals surface area contributed by atoms with E-state index in [1.54, 1.807) is 0 Å². The number of hydrogen-bond donors (Lipinski definition) is 1. The number of nitrogens with two attached hydrogens (primary N) is 1. The molecule has 4 nitrogen and oxygen atoms in total. The number of likely N-dealkylation sites (tertiary alicyclic amines) is 1. The van der Waals surface area contributed by atoms with Gasteiger partial charge in [-0.25, -0.2) is 0 Å². The van der Waals surface area contributed by atoms with Gasteiger partial charge in [0.2, 0.25) is 5.91 Å². The predicted molar refractivity (Wildman–Crippen MR) is 77.2 cm³/mol. The third-order valence-corrected chi connectivity index (χ3v) is 4.74. The Labute approximate surface area is 120 Å². The minimum Gasteiger partial charge on any atom is -0.464 e. The molecule has 1 aromatic rings. The summed E-state index contributed by atoms with van der Waals surface area (Å²) in [6.45, 7) is 4.94. The first kappa shape index (κ1) is 13.7. The lowest BCUT2D eigenvalue weighted by Gasteiger charge is -2.31. The minimum atomic E-state index is -0.0993. The van der Waals surface area contributed by atoms with Gasteiger partial charge in [0, 0.05) is 24.9 Å². The summed E-state index contributed by atoms with van der Waals surface area (Å²) in [7, 11) is 0. The van der Waals surface area contributed by atoms with E-state index in [9.17, 15) is 4.79 Å². The normalized spacial score (nSPS) is 34.1. The fourth-order valence-electron chi connectivity index (χ4n) is 3.36. The van der Waals surface area contributed by atoms with E-state index >= 15 is 0 Å². The van der Waals surface area contributed by atoms with Crippen molar-refractivity contribution in [2.75, 3.05) is 6.54 Å². The minimum absolute atomic E-state index is 0.0305. The van der Waals surface area contributed by atoms with Crippen molar-refractivity contribution in [3.8, 4) is 0 Å². The topological polar surface area (TPSA) is 59.5 Å². The maximum atomic E-state index is 12.2. The third-order valence-electron chi connectivity index (χ3n) is 4.74. The van der Waals surface area contributed by atoms with Crippen molar-refractivity contribution < 1.29 is 9.21 Å². The first-order valence-electron chi connectivity index (χ1n) is 7.76. The summed E-state index contributed by atoms with van der Waals surface area (Å²) >= 11 is 0. The fourth-order valence-corrected chi connectivity index (χ4v) is 3.36. The Hall–Kier alpha value is -1.29. The van der Waals surface area contributed by atoms with E-state index in [0.29, 0.717) is 18.9 Å². The van der Waals surface area contributed by atoms with E-state index in [2.05, 4.69) is 13.0 Å². The van der Waals surface area contributed by atoms with Crippen LogP contribution in [-0.4, -0.2) is 23.4 Å². The average Bonchev–Trinajstić information content (AvgIpc) is 3.00. The Kier molecular flexibility index (Phi) is 3.59. The van der Waals surface area contributed by atoms with Crippen LogP contribution in [0, 0.1) is 5.92 Å². The number of amides is 1. The van der Waals surface area contributed by atoms with Gasteiger partial charge < -0.3 is 15.1 Å². The molecule has 4 unspecified atom stereocenters. The van der Waals surface area contributed by atoms with Gasteiger partial charge in [0.1, 0.15) is 17.6 Å². The summed E-state index contributed by atoms with van der Waals surface area (Å²) in [5.74, 6) is 3.41. The predicted octanol–water partition coefficient (Wildman–Crippen LogP) is 2.80. The van der Waals surface area contributed by atoms with Crippen LogP contribution in [-0.2, 0) is 4.79 Å². The van der Waals surface area contributed by atoms with E-state index < -0.39 is 0 Å². The first-order valence-corrected chi connectivity index (χ1v) is 7.76. The lowest BCUT2D eigenvalue weighted by Crippen LogP contribution is -2.41. The molecule has 20 heavy (non-hydrogen) atoms. The first-order chi connectivity index (χ1) is 9.61. The van der Waals surface area contributed by atoms with Crippen LogP contribution in [0.4, 0.5) is 0 Å². The van der Waals surface area contributed by atoms with Gasteiger partial charge in [-0.1, -0.05) is 6.92 Å². The van der Waals surface area contributed by atoms with Gasteiger partial charge in [0.15, 0.2) is 0 Å². The molecule has 0 radical (unpaired) electrons. The molecule has 0 bridgehead atoms. The van der Waals surface area contributed by atoms with E-state index in [4.69, 9.17) is 10.2 Å². The molecule has 2 aliphatic rings. The van der Waals surface area contributed by atoms with Crippen LogP contribution in [0.1, 0.15) is 63.0 Å². The number of likely N-dealkylation sites (N-methyl/N-ethyl adjacent to an activating group) is 1. The Balaban J connectivity index is 1.87. The van der Waals surface area contributed by atoms with Crippen molar-refractivity contribution in [1.82, 2.24) is 4.90 Å². The van der Waals surface area contributed by atoms with Gasteiger partial charge in [-0.3, -0.25) is 4.79 Å². The van der Waals surface area contributed by atoms with E-state index in [1.165, 1.54) is 6.42 Å². The van der Waals surface area contributed by atoms with Gasteiger partial charge >= 0.3 is 0 Å². The van der Waals surface area contributed by atoms with Crippen LogP contribution in [0.15, 0.2) is 16.5 Å². The number of hydrogen-bond acceptors (Lipinski definition) is 3. The highest BCUT2D eigenvalue weighted by Gasteiger charge is 2.39. The Morgan fingerprint density at radius 1 is 1.40 bits per heavy atom. The Bertz CT molecular complexity index is 496. The molecule has 110 valence electrons. The summed E-state index contributed by atoms with van der Waals surface area (Å²) in [5, 5.41) is 0. The van der Waals surface area contributed by atoms with Gasteiger partial charge in [0.25, 0.3) is 0 Å². The molecule has 0 spiro atoms. The van der Waals surface area contributed by atoms with Crippen molar-refractivity contribution in [3.63, 3.8) is 0 Å². The monoisotopic (exact) mass is 276 g/mol. The zero-order valence-corrected chi connectivity index (χ0v) is 12.3. The Morgan fingerprint density at radius 3 is 2.75 bits per heavy atom. The van der Waals surface area contributed by atoms with Gasteiger partial charge in [-0.05, 0) is 44.2 Å². The van der Waals surface area contributed by atoms with Crippen molar-refractivity contribution in [2.45, 2.75) is 57.5 Å². The molecule has 1 aliphatic heterocycles. The number of carbonyl (C=O) groups is 1. The third kappa shape index (κ3) is 2.37. The molecule has 2 heterocycles. The number of nitrogens with zero attached hydrogens (tertiary/aromatic N) is 1. The zero-order valence-electron chi connectivity index (χ0n) is 12.3. The maximum absolute atomic E-state index is 12.2. The van der Waals surface area contributed by atoms with Crippen LogP contribution < -0.4 is 5.73 Å². The van der Waals surface area contributed by atoms with Crippen LogP contribution in [0.3, 0.4) is 0 Å². The van der Waals surface area contributed by atoms with Crippen LogP contribution in [0.5, 0.6) is 0 Å². The largest absolute Gasteiger partial charge is 0.464 e. The highest BCUT2D eigenvalue weighted by atomic mass is 16.3. The van der Waals surface area contributed by atoms with Crippen molar-refractivity contribution in [2.24, 2.45) is 11.7 Å². The second kappa shape index (κ2) is 5.24. The molecule has 4 atom stereocenters. The van der Waals surface area contributed by atoms with Crippen molar-refractivity contribution >= 4 is 5.91 Å². The zero-order chi connectivity index (χ0) is 14.3. The number of rotatable bonds is 3. The molecule has 1 aromatic heterocycles. The standard InChI is InChI=1S/C16H24N2O2/c1-3-18-15(19)6-4-5-12(17)16(18)14-8-7-13(20-14)11-9-10(11)2/h7-8,10-12,16H,3-6,9,17H2,1-2H3. The van der Waals surface area contributed by atoms with Gasteiger partial charge in [0.05, 0.1) is 0 Å². The van der Waals surface area contributed by atoms with Gasteiger partial charge in [-0.2, -0.15) is 0 Å². The van der Waals surface area contributed by atoms with Gasteiger partial charge in [-0.15, -0.1) is 0 Å². The lowest BCUT2D eigenvalue weighted by molar-refractivity contribution is -0.133. The molecule has 3 rings (SSSR count). The average molecular weight is 276 g/mol. The fraction of sp³-hybridized carbons (Fsp3) is 0.688. The highest BCUT2D eigenvalue weighted by Crippen LogP contribution is 2.48. The van der Waals surface area contributed by atoms with Crippen LogP contribution in [0.2, 0.25) is 0 Å². The van der Waals surface area contributed by atoms with Crippen LogP contribution >= 0.6 is 0 Å². The Morgan fingerprint density at radius 2 is 2.10 bits per heavy atom. The quantitative estimate of drug-likeness (QED) is 0.923. The van der Waals surface area contributed by atoms with Crippen LogP contribution in [0.25, 0.3) is 0 Å². The molecule has 0 aromatic carbocycles. The summed E-state index contributed by atoms with van der Waals surface area (Å²) in [5.41, 5.74) is 6.31. The van der Waals surface area contributed by atoms with Crippen molar-refractivity contribution in [1.29, 1.82) is 0 Å². The van der Waals surface area contributed by atoms with Crippen molar-refractivity contribution in [3.05, 3.63) is 23.7 Å². The molecule has 4 heteroatoms. The molecule has 1 amide bonds. The molecule has 1 saturated heterocycles. The van der Waals surface area contributed by atoms with E-state index in [0.717, 1.165) is 30.3 Å². The number of carbonyl (C=O) groups excluding carboxylic acids is 1. The summed E-state index contributed by atoms with van der Waals surface area (Å²) in [4.78, 5) is 14.1. The van der Waals surface area contributed by atoms with E-state index in [-0.39, 0.29) is 18.0 Å². The number of furan rings is 1. The second-order valence-electron chi connectivity index (χ2n) is 6.24. The summed E-state index contributed by atoms with van der Waals surface area (Å²) < 4.78 is 6.05. The molecule has 2 fully saturated rings. The molecule has 2 N–H and O–H groups in total. The molecular formula is C16H24N2O2. The smallest absolute Gasteiger partial charge is 0.223 e. The highest BCUT2D eigenvalue weighted by molar-refractivity contribution is 5.77. The second-order valence-corrected chi connectivity index (χ2v) is 6.24. The maximum Gasteiger partial charge on any atom is 0.223 e. The molecule has 1 aliphatic carbocycles.